The Morgan fingerprint density at radius 2 is 2.15 bits per heavy atom. The summed E-state index contributed by atoms with van der Waals surface area (Å²) in [6.07, 6.45) is 2.04. The van der Waals surface area contributed by atoms with E-state index >= 15 is 0 Å². The van der Waals surface area contributed by atoms with Crippen molar-refractivity contribution < 1.29 is 8.42 Å². The van der Waals surface area contributed by atoms with Gasteiger partial charge in [-0.15, -0.1) is 11.3 Å². The van der Waals surface area contributed by atoms with Crippen molar-refractivity contribution in [3.8, 4) is 0 Å². The molecule has 1 aromatic rings. The van der Waals surface area contributed by atoms with E-state index in [9.17, 15) is 8.42 Å². The number of halogens is 1. The Hall–Kier alpha value is 0.0600. The van der Waals surface area contributed by atoms with Crippen LogP contribution in [0.3, 0.4) is 0 Å². The lowest BCUT2D eigenvalue weighted by atomic mass is 10.4. The molecule has 0 fully saturated rings. The van der Waals surface area contributed by atoms with Crippen LogP contribution in [0.2, 0.25) is 0 Å². The van der Waals surface area contributed by atoms with Gasteiger partial charge in [-0.25, -0.2) is 13.4 Å². The van der Waals surface area contributed by atoms with E-state index in [1.165, 1.54) is 17.6 Å². The number of thiazole rings is 1. The third kappa shape index (κ3) is 3.36. The van der Waals surface area contributed by atoms with Gasteiger partial charge in [-0.3, -0.25) is 0 Å². The number of rotatable bonds is 3. The second-order valence-corrected chi connectivity index (χ2v) is 7.29. The maximum Gasteiger partial charge on any atom is 0.153 e. The second kappa shape index (κ2) is 4.06. The Bertz CT molecular complexity index is 397. The van der Waals surface area contributed by atoms with E-state index in [1.807, 2.05) is 6.92 Å². The topological polar surface area (TPSA) is 47.0 Å². The third-order valence-corrected chi connectivity index (χ3v) is 4.22. The Balaban J connectivity index is 2.92. The highest BCUT2D eigenvalue weighted by Gasteiger charge is 2.11. The van der Waals surface area contributed by atoms with Gasteiger partial charge in [0.1, 0.15) is 10.8 Å². The maximum atomic E-state index is 11.0. The minimum atomic E-state index is -2.96. The molecule has 0 aliphatic heterocycles. The van der Waals surface area contributed by atoms with E-state index in [4.69, 9.17) is 0 Å². The summed E-state index contributed by atoms with van der Waals surface area (Å²) in [5, 5.41) is 0.659. The first kappa shape index (κ1) is 11.1. The van der Waals surface area contributed by atoms with Gasteiger partial charge in [-0.05, 0) is 22.4 Å². The van der Waals surface area contributed by atoms with Crippen LogP contribution in [0.5, 0.6) is 0 Å². The molecule has 1 heterocycles. The van der Waals surface area contributed by atoms with Crippen LogP contribution in [0.25, 0.3) is 0 Å². The van der Waals surface area contributed by atoms with Gasteiger partial charge in [0.25, 0.3) is 0 Å². The molecule has 0 aliphatic rings. The van der Waals surface area contributed by atoms with Crippen molar-refractivity contribution in [1.82, 2.24) is 4.98 Å². The normalized spacial score (nSPS) is 11.9. The first-order chi connectivity index (χ1) is 5.92. The van der Waals surface area contributed by atoms with Crippen molar-refractivity contribution in [2.75, 3.05) is 6.26 Å². The SMILES string of the molecule is CCc1nc(CS(C)(=O)=O)sc1Br. The van der Waals surface area contributed by atoms with E-state index in [-0.39, 0.29) is 5.75 Å². The number of hydrogen-bond donors (Lipinski definition) is 0. The molecule has 0 spiro atoms. The lowest BCUT2D eigenvalue weighted by molar-refractivity contribution is 0.601. The quantitative estimate of drug-likeness (QED) is 0.853. The van der Waals surface area contributed by atoms with Crippen LogP contribution in [0.15, 0.2) is 3.79 Å². The highest BCUT2D eigenvalue weighted by molar-refractivity contribution is 9.11. The van der Waals surface area contributed by atoms with Gasteiger partial charge in [-0.2, -0.15) is 0 Å². The number of nitrogens with zero attached hydrogens (tertiary/aromatic N) is 1. The molecule has 1 rings (SSSR count). The van der Waals surface area contributed by atoms with E-state index in [0.717, 1.165) is 15.9 Å². The zero-order valence-electron chi connectivity index (χ0n) is 7.37. The molecule has 1 aromatic heterocycles. The fourth-order valence-corrected chi connectivity index (χ4v) is 3.87. The van der Waals surface area contributed by atoms with Crippen LogP contribution in [0.4, 0.5) is 0 Å². The molecule has 0 unspecified atom stereocenters. The Morgan fingerprint density at radius 1 is 1.54 bits per heavy atom. The van der Waals surface area contributed by atoms with E-state index < -0.39 is 9.84 Å². The molecule has 13 heavy (non-hydrogen) atoms. The molecule has 0 atom stereocenters. The summed E-state index contributed by atoms with van der Waals surface area (Å²) < 4.78 is 22.9. The standard InChI is InChI=1S/C7H10BrNO2S2/c1-3-5-7(8)12-6(9-5)4-13(2,10)11/h3-4H2,1-2H3. The lowest BCUT2D eigenvalue weighted by Gasteiger charge is -1.90. The average molecular weight is 284 g/mol. The van der Waals surface area contributed by atoms with Gasteiger partial charge in [0.05, 0.1) is 9.48 Å². The molecule has 74 valence electrons. The molecular formula is C7H10BrNO2S2. The van der Waals surface area contributed by atoms with Gasteiger partial charge in [-0.1, -0.05) is 6.92 Å². The van der Waals surface area contributed by atoms with Gasteiger partial charge >= 0.3 is 0 Å². The Labute approximate surface area is 90.2 Å². The van der Waals surface area contributed by atoms with Crippen LogP contribution in [0, 0.1) is 0 Å². The molecule has 6 heteroatoms. The van der Waals surface area contributed by atoms with Crippen LogP contribution in [-0.2, 0) is 22.0 Å². The largest absolute Gasteiger partial charge is 0.244 e. The molecule has 0 aromatic carbocycles. The number of aromatic nitrogens is 1. The molecule has 3 nitrogen and oxygen atoms in total. The van der Waals surface area contributed by atoms with Gasteiger partial charge in [0.2, 0.25) is 0 Å². The number of hydrogen-bond acceptors (Lipinski definition) is 4. The summed E-state index contributed by atoms with van der Waals surface area (Å²) in [7, 11) is -2.96. The summed E-state index contributed by atoms with van der Waals surface area (Å²) in [5.41, 5.74) is 0.934. The summed E-state index contributed by atoms with van der Waals surface area (Å²) in [4.78, 5) is 4.21. The van der Waals surface area contributed by atoms with Crippen LogP contribution >= 0.6 is 27.3 Å². The van der Waals surface area contributed by atoms with Gasteiger partial charge in [0, 0.05) is 6.26 Å². The summed E-state index contributed by atoms with van der Waals surface area (Å²) in [6.45, 7) is 1.99. The molecule has 0 N–H and O–H groups in total. The van der Waals surface area contributed by atoms with Crippen molar-refractivity contribution >= 4 is 37.1 Å². The third-order valence-electron chi connectivity index (χ3n) is 1.41. The smallest absolute Gasteiger partial charge is 0.153 e. The Morgan fingerprint density at radius 3 is 2.54 bits per heavy atom. The fraction of sp³-hybridized carbons (Fsp3) is 0.571. The Kier molecular flexibility index (Phi) is 3.48. The van der Waals surface area contributed by atoms with Crippen LogP contribution in [-0.4, -0.2) is 19.7 Å². The fourth-order valence-electron chi connectivity index (χ4n) is 0.884. The highest BCUT2D eigenvalue weighted by atomic mass is 79.9. The summed E-state index contributed by atoms with van der Waals surface area (Å²) in [6, 6.07) is 0. The van der Waals surface area contributed by atoms with E-state index in [0.29, 0.717) is 5.01 Å². The maximum absolute atomic E-state index is 11.0. The predicted molar refractivity (Wildman–Crippen MR) is 57.7 cm³/mol. The zero-order chi connectivity index (χ0) is 10.1. The lowest BCUT2D eigenvalue weighted by Crippen LogP contribution is -2.00. The van der Waals surface area contributed by atoms with Crippen molar-refractivity contribution in [3.63, 3.8) is 0 Å². The van der Waals surface area contributed by atoms with Crippen molar-refractivity contribution in [2.45, 2.75) is 19.1 Å². The number of sulfone groups is 1. The zero-order valence-corrected chi connectivity index (χ0v) is 10.6. The van der Waals surface area contributed by atoms with Crippen LogP contribution in [0.1, 0.15) is 17.6 Å². The van der Waals surface area contributed by atoms with Crippen molar-refractivity contribution in [3.05, 3.63) is 14.5 Å². The molecule has 0 radical (unpaired) electrons. The van der Waals surface area contributed by atoms with Crippen molar-refractivity contribution in [1.29, 1.82) is 0 Å². The predicted octanol–water partition coefficient (Wildman–Crippen LogP) is 2.01. The second-order valence-electron chi connectivity index (χ2n) is 2.75. The molecule has 0 amide bonds. The molecule has 0 saturated heterocycles. The number of aryl methyl sites for hydroxylation is 1. The van der Waals surface area contributed by atoms with Gasteiger partial charge in [0.15, 0.2) is 9.84 Å². The van der Waals surface area contributed by atoms with E-state index in [2.05, 4.69) is 20.9 Å². The monoisotopic (exact) mass is 283 g/mol. The first-order valence-corrected chi connectivity index (χ1v) is 7.41. The average Bonchev–Trinajstić information content (AvgIpc) is 2.26. The van der Waals surface area contributed by atoms with Crippen LogP contribution < -0.4 is 0 Å². The summed E-state index contributed by atoms with van der Waals surface area (Å²) in [5.74, 6) is 0.0380. The molecular weight excluding hydrogens is 274 g/mol. The summed E-state index contributed by atoms with van der Waals surface area (Å²) >= 11 is 4.74. The van der Waals surface area contributed by atoms with Gasteiger partial charge < -0.3 is 0 Å². The minimum absolute atomic E-state index is 0.0380. The molecule has 0 aliphatic carbocycles. The van der Waals surface area contributed by atoms with E-state index in [1.54, 1.807) is 0 Å². The minimum Gasteiger partial charge on any atom is -0.244 e. The highest BCUT2D eigenvalue weighted by Crippen LogP contribution is 2.26. The molecule has 0 saturated carbocycles. The van der Waals surface area contributed by atoms with Crippen molar-refractivity contribution in [2.24, 2.45) is 0 Å². The first-order valence-electron chi connectivity index (χ1n) is 3.74. The molecule has 0 bridgehead atoms.